The van der Waals surface area contributed by atoms with Gasteiger partial charge in [0, 0.05) is 15.6 Å². The summed E-state index contributed by atoms with van der Waals surface area (Å²) in [6.07, 6.45) is 0. The minimum absolute atomic E-state index is 0.471. The van der Waals surface area contributed by atoms with Gasteiger partial charge in [0.25, 0.3) is 5.89 Å². The van der Waals surface area contributed by atoms with Gasteiger partial charge in [0.1, 0.15) is 5.75 Å². The Labute approximate surface area is 124 Å². The number of hydrogen-bond donors (Lipinski definition) is 0. The van der Waals surface area contributed by atoms with Gasteiger partial charge in [0.2, 0.25) is 5.82 Å². The van der Waals surface area contributed by atoms with Crippen LogP contribution in [0.15, 0.2) is 57.5 Å². The fraction of sp³-hybridized carbons (Fsp3) is 0.0667. The zero-order chi connectivity index (χ0) is 13.9. The molecule has 4 nitrogen and oxygen atoms in total. The second-order valence-electron chi connectivity index (χ2n) is 4.17. The molecule has 0 atom stereocenters. The molecule has 0 N–H and O–H groups in total. The van der Waals surface area contributed by atoms with Crippen LogP contribution in [0.5, 0.6) is 5.75 Å². The summed E-state index contributed by atoms with van der Waals surface area (Å²) < 4.78 is 11.5. The summed E-state index contributed by atoms with van der Waals surface area (Å²) >= 11 is 3.43. The van der Waals surface area contributed by atoms with E-state index in [4.69, 9.17) is 9.26 Å². The molecule has 1 aromatic heterocycles. The van der Waals surface area contributed by atoms with Gasteiger partial charge in [-0.2, -0.15) is 4.98 Å². The normalized spacial score (nSPS) is 10.5. The largest absolute Gasteiger partial charge is 0.497 e. The van der Waals surface area contributed by atoms with Crippen LogP contribution in [0.1, 0.15) is 0 Å². The monoisotopic (exact) mass is 330 g/mol. The minimum atomic E-state index is 0.471. The van der Waals surface area contributed by atoms with E-state index in [0.717, 1.165) is 21.3 Å². The lowest BCUT2D eigenvalue weighted by Gasteiger charge is -1.99. The minimum Gasteiger partial charge on any atom is -0.497 e. The van der Waals surface area contributed by atoms with E-state index < -0.39 is 0 Å². The van der Waals surface area contributed by atoms with Gasteiger partial charge in [-0.15, -0.1) is 0 Å². The van der Waals surface area contributed by atoms with Crippen molar-refractivity contribution in [2.75, 3.05) is 7.11 Å². The molecule has 0 radical (unpaired) electrons. The molecular weight excluding hydrogens is 320 g/mol. The lowest BCUT2D eigenvalue weighted by Crippen LogP contribution is -1.84. The molecule has 2 aromatic carbocycles. The highest BCUT2D eigenvalue weighted by Crippen LogP contribution is 2.26. The van der Waals surface area contributed by atoms with E-state index in [9.17, 15) is 0 Å². The first kappa shape index (κ1) is 12.9. The molecule has 100 valence electrons. The first-order chi connectivity index (χ1) is 9.76. The first-order valence-corrected chi connectivity index (χ1v) is 6.79. The molecule has 1 heterocycles. The van der Waals surface area contributed by atoms with Crippen molar-refractivity contribution in [1.82, 2.24) is 10.1 Å². The smallest absolute Gasteiger partial charge is 0.258 e. The summed E-state index contributed by atoms with van der Waals surface area (Å²) in [6, 6.07) is 15.3. The Hall–Kier alpha value is -2.14. The van der Waals surface area contributed by atoms with E-state index in [1.807, 2.05) is 48.5 Å². The van der Waals surface area contributed by atoms with Crippen molar-refractivity contribution >= 4 is 15.9 Å². The second kappa shape index (κ2) is 5.46. The first-order valence-electron chi connectivity index (χ1n) is 6.00. The maximum atomic E-state index is 5.31. The topological polar surface area (TPSA) is 48.2 Å². The number of halogens is 1. The van der Waals surface area contributed by atoms with Gasteiger partial charge in [-0.1, -0.05) is 39.3 Å². The van der Waals surface area contributed by atoms with Gasteiger partial charge in [-0.3, -0.25) is 0 Å². The molecule has 0 aliphatic heterocycles. The van der Waals surface area contributed by atoms with Crippen LogP contribution in [0.2, 0.25) is 0 Å². The zero-order valence-electron chi connectivity index (χ0n) is 10.7. The molecule has 0 saturated heterocycles. The van der Waals surface area contributed by atoms with Gasteiger partial charge >= 0.3 is 0 Å². The number of hydrogen-bond acceptors (Lipinski definition) is 4. The van der Waals surface area contributed by atoms with Gasteiger partial charge in [-0.05, 0) is 30.3 Å². The molecule has 0 aliphatic carbocycles. The predicted molar refractivity (Wildman–Crippen MR) is 79.4 cm³/mol. The van der Waals surface area contributed by atoms with Gasteiger partial charge in [0.05, 0.1) is 7.11 Å². The lowest BCUT2D eigenvalue weighted by atomic mass is 10.2. The van der Waals surface area contributed by atoms with Crippen LogP contribution in [0, 0.1) is 0 Å². The highest BCUT2D eigenvalue weighted by Gasteiger charge is 2.11. The summed E-state index contributed by atoms with van der Waals surface area (Å²) in [5.41, 5.74) is 1.73. The van der Waals surface area contributed by atoms with Crippen LogP contribution < -0.4 is 4.74 Å². The average molecular weight is 331 g/mol. The Bertz CT molecular complexity index is 740. The molecule has 3 rings (SSSR count). The molecule has 0 amide bonds. The van der Waals surface area contributed by atoms with Crippen molar-refractivity contribution < 1.29 is 9.26 Å². The van der Waals surface area contributed by atoms with Crippen LogP contribution in [0.4, 0.5) is 0 Å². The van der Waals surface area contributed by atoms with E-state index in [-0.39, 0.29) is 0 Å². The van der Waals surface area contributed by atoms with Crippen molar-refractivity contribution in [2.24, 2.45) is 0 Å². The molecule has 3 aromatic rings. The molecule has 0 saturated carbocycles. The second-order valence-corrected chi connectivity index (χ2v) is 5.08. The van der Waals surface area contributed by atoms with Crippen molar-refractivity contribution in [1.29, 1.82) is 0 Å². The molecule has 0 aliphatic rings. The standard InChI is InChI=1S/C15H11BrN2O2/c1-19-13-7-3-5-11(9-13)15-17-14(18-20-15)10-4-2-6-12(16)8-10/h2-9H,1H3. The van der Waals surface area contributed by atoms with Crippen LogP contribution in [-0.4, -0.2) is 17.3 Å². The summed E-state index contributed by atoms with van der Waals surface area (Å²) in [5.74, 6) is 1.78. The Morgan fingerprint density at radius 1 is 1.05 bits per heavy atom. The molecule has 5 heteroatoms. The maximum absolute atomic E-state index is 5.31. The highest BCUT2D eigenvalue weighted by molar-refractivity contribution is 9.10. The molecule has 20 heavy (non-hydrogen) atoms. The number of benzene rings is 2. The van der Waals surface area contributed by atoms with Crippen LogP contribution in [0.3, 0.4) is 0 Å². The van der Waals surface area contributed by atoms with Crippen LogP contribution in [-0.2, 0) is 0 Å². The predicted octanol–water partition coefficient (Wildman–Crippen LogP) is 4.17. The summed E-state index contributed by atoms with van der Waals surface area (Å²) in [5, 5.41) is 4.01. The maximum Gasteiger partial charge on any atom is 0.258 e. The number of ether oxygens (including phenoxy) is 1. The lowest BCUT2D eigenvalue weighted by molar-refractivity contribution is 0.413. The molecule has 0 fully saturated rings. The number of rotatable bonds is 3. The number of aromatic nitrogens is 2. The third-order valence-corrected chi connectivity index (χ3v) is 3.32. The zero-order valence-corrected chi connectivity index (χ0v) is 12.3. The summed E-state index contributed by atoms with van der Waals surface area (Å²) in [4.78, 5) is 4.41. The van der Waals surface area contributed by atoms with Gasteiger partial charge in [0.15, 0.2) is 0 Å². The summed E-state index contributed by atoms with van der Waals surface area (Å²) in [7, 11) is 1.62. The van der Waals surface area contributed by atoms with Crippen molar-refractivity contribution in [2.45, 2.75) is 0 Å². The number of methoxy groups -OCH3 is 1. The SMILES string of the molecule is COc1cccc(-c2nc(-c3cccc(Br)c3)no2)c1. The van der Waals surface area contributed by atoms with Gasteiger partial charge < -0.3 is 9.26 Å². The molecule has 0 unspecified atom stereocenters. The van der Waals surface area contributed by atoms with E-state index in [1.54, 1.807) is 7.11 Å². The Morgan fingerprint density at radius 2 is 1.85 bits per heavy atom. The van der Waals surface area contributed by atoms with E-state index >= 15 is 0 Å². The quantitative estimate of drug-likeness (QED) is 0.723. The fourth-order valence-corrected chi connectivity index (χ4v) is 2.24. The average Bonchev–Trinajstić information content (AvgIpc) is 2.97. The summed E-state index contributed by atoms with van der Waals surface area (Å²) in [6.45, 7) is 0. The van der Waals surface area contributed by atoms with Crippen LogP contribution >= 0.6 is 15.9 Å². The number of nitrogens with zero attached hydrogens (tertiary/aromatic N) is 2. The molecule has 0 bridgehead atoms. The van der Waals surface area contributed by atoms with Crippen molar-refractivity contribution in [3.05, 3.63) is 53.0 Å². The fourth-order valence-electron chi connectivity index (χ4n) is 1.84. The van der Waals surface area contributed by atoms with E-state index in [0.29, 0.717) is 11.7 Å². The van der Waals surface area contributed by atoms with E-state index in [2.05, 4.69) is 26.1 Å². The molecular formula is C15H11BrN2O2. The van der Waals surface area contributed by atoms with Gasteiger partial charge in [-0.25, -0.2) is 0 Å². The Balaban J connectivity index is 1.97. The van der Waals surface area contributed by atoms with Crippen molar-refractivity contribution in [3.8, 4) is 28.6 Å². The Kier molecular flexibility index (Phi) is 3.52. The third-order valence-electron chi connectivity index (χ3n) is 2.83. The third kappa shape index (κ3) is 2.58. The molecule has 0 spiro atoms. The Morgan fingerprint density at radius 3 is 2.65 bits per heavy atom. The van der Waals surface area contributed by atoms with Crippen molar-refractivity contribution in [3.63, 3.8) is 0 Å². The van der Waals surface area contributed by atoms with E-state index in [1.165, 1.54) is 0 Å². The van der Waals surface area contributed by atoms with Crippen LogP contribution in [0.25, 0.3) is 22.8 Å². The highest BCUT2D eigenvalue weighted by atomic mass is 79.9.